The second kappa shape index (κ2) is 6.75. The Morgan fingerprint density at radius 2 is 2.10 bits per heavy atom. The van der Waals surface area contributed by atoms with Crippen LogP contribution in [-0.4, -0.2) is 16.1 Å². The molecule has 3 nitrogen and oxygen atoms in total. The molecule has 0 saturated carbocycles. The number of hydrogen-bond donors (Lipinski definition) is 1. The van der Waals surface area contributed by atoms with Crippen LogP contribution in [0.4, 0.5) is 0 Å². The van der Waals surface area contributed by atoms with Gasteiger partial charge in [-0.3, -0.25) is 0 Å². The van der Waals surface area contributed by atoms with Gasteiger partial charge in [0, 0.05) is 29.2 Å². The maximum atomic E-state index is 4.78. The van der Waals surface area contributed by atoms with Crippen LogP contribution in [0.1, 0.15) is 51.0 Å². The van der Waals surface area contributed by atoms with E-state index in [-0.39, 0.29) is 5.41 Å². The summed E-state index contributed by atoms with van der Waals surface area (Å²) in [6.07, 6.45) is 2.14. The molecule has 2 heterocycles. The first-order valence-electron chi connectivity index (χ1n) is 7.66. The zero-order valence-electron chi connectivity index (χ0n) is 13.8. The molecule has 21 heavy (non-hydrogen) atoms. The van der Waals surface area contributed by atoms with E-state index >= 15 is 0 Å². The van der Waals surface area contributed by atoms with Gasteiger partial charge in [-0.1, -0.05) is 34.6 Å². The average molecular weight is 305 g/mol. The third-order valence-corrected chi connectivity index (χ3v) is 4.24. The molecule has 2 rings (SSSR count). The van der Waals surface area contributed by atoms with Gasteiger partial charge >= 0.3 is 0 Å². The Kier molecular flexibility index (Phi) is 5.22. The lowest BCUT2D eigenvalue weighted by atomic mass is 9.93. The van der Waals surface area contributed by atoms with Crippen LogP contribution >= 0.6 is 11.3 Å². The van der Waals surface area contributed by atoms with Crippen molar-refractivity contribution in [3.05, 3.63) is 40.1 Å². The minimum absolute atomic E-state index is 0.132. The van der Waals surface area contributed by atoms with E-state index < -0.39 is 0 Å². The van der Waals surface area contributed by atoms with Gasteiger partial charge in [-0.15, -0.1) is 11.3 Å². The molecule has 0 amide bonds. The Morgan fingerprint density at radius 1 is 1.33 bits per heavy atom. The number of thiazole rings is 1. The second-order valence-corrected chi connectivity index (χ2v) is 7.97. The van der Waals surface area contributed by atoms with Gasteiger partial charge in [0.1, 0.15) is 5.01 Å². The first kappa shape index (κ1) is 16.2. The summed E-state index contributed by atoms with van der Waals surface area (Å²) < 4.78 is 2.29. The standard InChI is InChI=1S/C17H27N3S/c1-13(2)9-18-10-14-7-6-8-20(14)11-16-19-15(12-21-16)17(3,4)5/h6-8,12-13,18H,9-11H2,1-5H3. The molecule has 2 aromatic heterocycles. The summed E-state index contributed by atoms with van der Waals surface area (Å²) in [6.45, 7) is 13.9. The van der Waals surface area contributed by atoms with Crippen molar-refractivity contribution < 1.29 is 0 Å². The highest BCUT2D eigenvalue weighted by Crippen LogP contribution is 2.24. The summed E-state index contributed by atoms with van der Waals surface area (Å²) in [5, 5.41) is 6.88. The smallest absolute Gasteiger partial charge is 0.113 e. The molecule has 0 aliphatic carbocycles. The molecule has 0 saturated heterocycles. The van der Waals surface area contributed by atoms with Crippen molar-refractivity contribution in [1.29, 1.82) is 0 Å². The molecule has 0 fully saturated rings. The molecule has 116 valence electrons. The van der Waals surface area contributed by atoms with Gasteiger partial charge in [0.15, 0.2) is 0 Å². The fourth-order valence-electron chi connectivity index (χ4n) is 2.13. The second-order valence-electron chi connectivity index (χ2n) is 7.03. The molecule has 0 atom stereocenters. The molecule has 4 heteroatoms. The number of nitrogens with one attached hydrogen (secondary N) is 1. The molecule has 2 aromatic rings. The fraction of sp³-hybridized carbons (Fsp3) is 0.588. The Labute approximate surface area is 132 Å². The minimum atomic E-state index is 0.132. The van der Waals surface area contributed by atoms with E-state index in [1.54, 1.807) is 11.3 Å². The highest BCUT2D eigenvalue weighted by Gasteiger charge is 2.17. The van der Waals surface area contributed by atoms with Crippen LogP contribution in [0.25, 0.3) is 0 Å². The molecule has 0 unspecified atom stereocenters. The highest BCUT2D eigenvalue weighted by atomic mass is 32.1. The van der Waals surface area contributed by atoms with Crippen molar-refractivity contribution >= 4 is 11.3 Å². The van der Waals surface area contributed by atoms with Crippen molar-refractivity contribution in [3.63, 3.8) is 0 Å². The monoisotopic (exact) mass is 305 g/mol. The molecular formula is C17H27N3S. The SMILES string of the molecule is CC(C)CNCc1cccn1Cc1nc(C(C)(C)C)cs1. The molecule has 0 aliphatic rings. The molecule has 1 N–H and O–H groups in total. The van der Waals surface area contributed by atoms with Crippen LogP contribution in [0.5, 0.6) is 0 Å². The van der Waals surface area contributed by atoms with Gasteiger partial charge in [-0.25, -0.2) is 4.98 Å². The predicted octanol–water partition coefficient (Wildman–Crippen LogP) is 4.04. The number of aromatic nitrogens is 2. The summed E-state index contributed by atoms with van der Waals surface area (Å²) in [5.41, 5.74) is 2.64. The fourth-order valence-corrected chi connectivity index (χ4v) is 3.15. The Balaban J connectivity index is 2.00. The van der Waals surface area contributed by atoms with E-state index in [2.05, 4.69) is 68.2 Å². The Bertz CT molecular complexity index is 561. The van der Waals surface area contributed by atoms with Gasteiger partial charge in [0.25, 0.3) is 0 Å². The lowest BCUT2D eigenvalue weighted by Gasteiger charge is -2.14. The minimum Gasteiger partial charge on any atom is -0.343 e. The van der Waals surface area contributed by atoms with Crippen LogP contribution < -0.4 is 5.32 Å². The summed E-state index contributed by atoms with van der Waals surface area (Å²) in [6, 6.07) is 4.30. The Morgan fingerprint density at radius 3 is 2.71 bits per heavy atom. The number of rotatable bonds is 6. The van der Waals surface area contributed by atoms with E-state index in [1.165, 1.54) is 16.4 Å². The third-order valence-electron chi connectivity index (χ3n) is 3.41. The molecule has 0 aromatic carbocycles. The first-order chi connectivity index (χ1) is 9.86. The van der Waals surface area contributed by atoms with Gasteiger partial charge in [-0.05, 0) is 24.6 Å². The van der Waals surface area contributed by atoms with Crippen molar-refractivity contribution in [1.82, 2.24) is 14.9 Å². The van der Waals surface area contributed by atoms with Crippen LogP contribution in [0.2, 0.25) is 0 Å². The number of hydrogen-bond acceptors (Lipinski definition) is 3. The summed E-state index contributed by atoms with van der Waals surface area (Å²) in [5.74, 6) is 0.682. The molecular weight excluding hydrogens is 278 g/mol. The predicted molar refractivity (Wildman–Crippen MR) is 90.9 cm³/mol. The van der Waals surface area contributed by atoms with Crippen LogP contribution in [0, 0.1) is 5.92 Å². The zero-order valence-corrected chi connectivity index (χ0v) is 14.6. The topological polar surface area (TPSA) is 29.9 Å². The summed E-state index contributed by atoms with van der Waals surface area (Å²) >= 11 is 1.76. The number of nitrogens with zero attached hydrogens (tertiary/aromatic N) is 2. The molecule has 0 bridgehead atoms. The molecule has 0 radical (unpaired) electrons. The zero-order chi connectivity index (χ0) is 15.5. The highest BCUT2D eigenvalue weighted by molar-refractivity contribution is 7.09. The van der Waals surface area contributed by atoms with E-state index in [4.69, 9.17) is 4.98 Å². The van der Waals surface area contributed by atoms with E-state index in [9.17, 15) is 0 Å². The van der Waals surface area contributed by atoms with Gasteiger partial charge in [0.2, 0.25) is 0 Å². The maximum absolute atomic E-state index is 4.78. The van der Waals surface area contributed by atoms with Crippen molar-refractivity contribution in [2.75, 3.05) is 6.54 Å². The molecule has 0 aliphatic heterocycles. The van der Waals surface area contributed by atoms with Crippen LogP contribution in [0.3, 0.4) is 0 Å². The quantitative estimate of drug-likeness (QED) is 0.873. The van der Waals surface area contributed by atoms with Crippen molar-refractivity contribution in [2.24, 2.45) is 5.92 Å². The third kappa shape index (κ3) is 4.68. The Hall–Kier alpha value is -1.13. The van der Waals surface area contributed by atoms with Gasteiger partial charge in [0.05, 0.1) is 12.2 Å². The lowest BCUT2D eigenvalue weighted by Crippen LogP contribution is -2.21. The van der Waals surface area contributed by atoms with Crippen LogP contribution in [0.15, 0.2) is 23.7 Å². The maximum Gasteiger partial charge on any atom is 0.113 e. The van der Waals surface area contributed by atoms with Crippen LogP contribution in [-0.2, 0) is 18.5 Å². The van der Waals surface area contributed by atoms with Gasteiger partial charge < -0.3 is 9.88 Å². The summed E-state index contributed by atoms with van der Waals surface area (Å²) in [4.78, 5) is 4.78. The van der Waals surface area contributed by atoms with Gasteiger partial charge in [-0.2, -0.15) is 0 Å². The summed E-state index contributed by atoms with van der Waals surface area (Å²) in [7, 11) is 0. The van der Waals surface area contributed by atoms with E-state index in [0.29, 0.717) is 5.92 Å². The average Bonchev–Trinajstić information content (AvgIpc) is 2.99. The molecule has 0 spiro atoms. The first-order valence-corrected chi connectivity index (χ1v) is 8.54. The lowest BCUT2D eigenvalue weighted by molar-refractivity contribution is 0.538. The largest absolute Gasteiger partial charge is 0.343 e. The van der Waals surface area contributed by atoms with E-state index in [1.807, 2.05) is 0 Å². The normalized spacial score (nSPS) is 12.3. The van der Waals surface area contributed by atoms with Crippen molar-refractivity contribution in [3.8, 4) is 0 Å². The van der Waals surface area contributed by atoms with E-state index in [0.717, 1.165) is 19.6 Å². The van der Waals surface area contributed by atoms with Crippen molar-refractivity contribution in [2.45, 2.75) is 53.1 Å².